The van der Waals surface area contributed by atoms with Crippen molar-refractivity contribution in [2.45, 2.75) is 4.21 Å². The van der Waals surface area contributed by atoms with E-state index in [1.54, 1.807) is 35.7 Å². The lowest BCUT2D eigenvalue weighted by Gasteiger charge is -2.13. The molecule has 0 aliphatic carbocycles. The number of urea groups is 1. The van der Waals surface area contributed by atoms with Crippen LogP contribution < -0.4 is 15.4 Å². The Morgan fingerprint density at radius 1 is 1.14 bits per heavy atom. The van der Waals surface area contributed by atoms with Crippen LogP contribution in [0.2, 0.25) is 0 Å². The normalized spacial score (nSPS) is 11.0. The summed E-state index contributed by atoms with van der Waals surface area (Å²) in [5.74, 6) is 0.292. The minimum absolute atomic E-state index is 0.203. The Hall–Kier alpha value is -1.77. The zero-order chi connectivity index (χ0) is 16.0. The number of anilines is 2. The second kappa shape index (κ2) is 7.48. The molecule has 0 aliphatic heterocycles. The van der Waals surface area contributed by atoms with Crippen LogP contribution in [-0.2, 0) is 10.0 Å². The van der Waals surface area contributed by atoms with Gasteiger partial charge in [-0.3, -0.25) is 4.72 Å². The predicted molar refractivity (Wildman–Crippen MR) is 89.3 cm³/mol. The quantitative estimate of drug-likeness (QED) is 0.693. The van der Waals surface area contributed by atoms with Crippen molar-refractivity contribution < 1.29 is 13.2 Å². The van der Waals surface area contributed by atoms with Crippen molar-refractivity contribution in [1.29, 1.82) is 0 Å². The molecule has 118 valence electrons. The Labute approximate surface area is 137 Å². The van der Waals surface area contributed by atoms with Gasteiger partial charge in [0.25, 0.3) is 10.0 Å². The number of hydrogen-bond donors (Lipinski definition) is 3. The number of nitrogens with one attached hydrogen (secondary N) is 3. The molecule has 0 aliphatic rings. The van der Waals surface area contributed by atoms with Gasteiger partial charge in [0, 0.05) is 12.4 Å². The van der Waals surface area contributed by atoms with E-state index in [2.05, 4.69) is 15.4 Å². The van der Waals surface area contributed by atoms with E-state index in [1.165, 1.54) is 6.07 Å². The van der Waals surface area contributed by atoms with E-state index in [9.17, 15) is 13.2 Å². The molecule has 2 rings (SSSR count). The van der Waals surface area contributed by atoms with Gasteiger partial charge >= 0.3 is 6.03 Å². The number of amides is 2. The SMILES string of the molecule is O=C(NCCCl)Nc1ccccc1NS(=O)(=O)c1cccs1. The Bertz CT molecular complexity index is 733. The molecule has 0 unspecified atom stereocenters. The third-order valence-electron chi connectivity index (χ3n) is 2.56. The predicted octanol–water partition coefficient (Wildman–Crippen LogP) is 2.91. The molecule has 0 fully saturated rings. The van der Waals surface area contributed by atoms with Crippen molar-refractivity contribution >= 4 is 50.4 Å². The second-order valence-corrected chi connectivity index (χ2v) is 7.39. The molecule has 0 saturated carbocycles. The standard InChI is InChI=1S/C13H14ClN3O3S2/c14-7-8-15-13(18)16-10-4-1-2-5-11(10)17-22(19,20)12-6-3-9-21-12/h1-6,9,17H,7-8H2,(H2,15,16,18). The maximum absolute atomic E-state index is 12.2. The third kappa shape index (κ3) is 4.36. The van der Waals surface area contributed by atoms with Crippen LogP contribution in [0.15, 0.2) is 46.0 Å². The van der Waals surface area contributed by atoms with Crippen LogP contribution in [0, 0.1) is 0 Å². The lowest BCUT2D eigenvalue weighted by molar-refractivity contribution is 0.252. The lowest BCUT2D eigenvalue weighted by atomic mass is 10.3. The molecule has 2 aromatic rings. The molecule has 1 aromatic heterocycles. The summed E-state index contributed by atoms with van der Waals surface area (Å²) in [5, 5.41) is 6.80. The minimum Gasteiger partial charge on any atom is -0.337 e. The average Bonchev–Trinajstić information content (AvgIpc) is 3.02. The van der Waals surface area contributed by atoms with Gasteiger partial charge in [0.1, 0.15) is 4.21 Å². The summed E-state index contributed by atoms with van der Waals surface area (Å²) in [6, 6.07) is 9.26. The van der Waals surface area contributed by atoms with E-state index in [-0.39, 0.29) is 9.90 Å². The summed E-state index contributed by atoms with van der Waals surface area (Å²) < 4.78 is 27.1. The first-order valence-corrected chi connectivity index (χ1v) is 9.19. The van der Waals surface area contributed by atoms with Crippen LogP contribution in [-0.4, -0.2) is 26.9 Å². The van der Waals surface area contributed by atoms with Gasteiger partial charge < -0.3 is 10.6 Å². The van der Waals surface area contributed by atoms with Crippen LogP contribution in [0.4, 0.5) is 16.2 Å². The molecule has 2 amide bonds. The number of hydrogen-bond acceptors (Lipinski definition) is 4. The molecule has 0 spiro atoms. The minimum atomic E-state index is -3.67. The molecular formula is C13H14ClN3O3S2. The Kier molecular flexibility index (Phi) is 5.64. The molecule has 9 heteroatoms. The highest BCUT2D eigenvalue weighted by Gasteiger charge is 2.17. The van der Waals surface area contributed by atoms with E-state index in [0.29, 0.717) is 18.1 Å². The number of halogens is 1. The first-order chi connectivity index (χ1) is 10.5. The van der Waals surface area contributed by atoms with Crippen molar-refractivity contribution in [2.24, 2.45) is 0 Å². The highest BCUT2D eigenvalue weighted by molar-refractivity contribution is 7.94. The number of thiophene rings is 1. The van der Waals surface area contributed by atoms with Gasteiger partial charge in [-0.1, -0.05) is 18.2 Å². The molecule has 0 radical (unpaired) electrons. The lowest BCUT2D eigenvalue weighted by Crippen LogP contribution is -2.30. The van der Waals surface area contributed by atoms with Crippen molar-refractivity contribution in [3.8, 4) is 0 Å². The smallest absolute Gasteiger partial charge is 0.319 e. The molecule has 0 saturated heterocycles. The highest BCUT2D eigenvalue weighted by atomic mass is 35.5. The Morgan fingerprint density at radius 3 is 2.50 bits per heavy atom. The van der Waals surface area contributed by atoms with Crippen LogP contribution in [0.3, 0.4) is 0 Å². The number of rotatable bonds is 6. The zero-order valence-electron chi connectivity index (χ0n) is 11.4. The molecular weight excluding hydrogens is 346 g/mol. The maximum atomic E-state index is 12.2. The summed E-state index contributed by atoms with van der Waals surface area (Å²) in [4.78, 5) is 11.7. The highest BCUT2D eigenvalue weighted by Crippen LogP contribution is 2.25. The number of carbonyl (C=O) groups is 1. The van der Waals surface area contributed by atoms with E-state index in [1.807, 2.05) is 0 Å². The Morgan fingerprint density at radius 2 is 1.86 bits per heavy atom. The van der Waals surface area contributed by atoms with E-state index >= 15 is 0 Å². The summed E-state index contributed by atoms with van der Waals surface area (Å²) >= 11 is 6.61. The topological polar surface area (TPSA) is 87.3 Å². The summed E-state index contributed by atoms with van der Waals surface area (Å²) in [6.45, 7) is 0.316. The summed E-state index contributed by atoms with van der Waals surface area (Å²) in [5.41, 5.74) is 0.645. The molecule has 1 heterocycles. The number of alkyl halides is 1. The second-order valence-electron chi connectivity index (χ2n) is 4.15. The van der Waals surface area contributed by atoms with E-state index in [0.717, 1.165) is 11.3 Å². The fraction of sp³-hybridized carbons (Fsp3) is 0.154. The van der Waals surface area contributed by atoms with Crippen molar-refractivity contribution in [3.63, 3.8) is 0 Å². The van der Waals surface area contributed by atoms with Gasteiger partial charge in [-0.15, -0.1) is 22.9 Å². The van der Waals surface area contributed by atoms with Crippen LogP contribution in [0.25, 0.3) is 0 Å². The van der Waals surface area contributed by atoms with Crippen molar-refractivity contribution in [3.05, 3.63) is 41.8 Å². The third-order valence-corrected chi connectivity index (χ3v) is 5.51. The van der Waals surface area contributed by atoms with Crippen LogP contribution in [0.1, 0.15) is 0 Å². The van der Waals surface area contributed by atoms with Gasteiger partial charge in [-0.2, -0.15) is 0 Å². The fourth-order valence-corrected chi connectivity index (χ4v) is 3.79. The average molecular weight is 360 g/mol. The van der Waals surface area contributed by atoms with Gasteiger partial charge in [0.15, 0.2) is 0 Å². The number of para-hydroxylation sites is 2. The van der Waals surface area contributed by atoms with Gasteiger partial charge in [-0.05, 0) is 23.6 Å². The van der Waals surface area contributed by atoms with Crippen LogP contribution >= 0.6 is 22.9 Å². The van der Waals surface area contributed by atoms with Gasteiger partial charge in [-0.25, -0.2) is 13.2 Å². The van der Waals surface area contributed by atoms with Crippen molar-refractivity contribution in [2.75, 3.05) is 22.5 Å². The zero-order valence-corrected chi connectivity index (χ0v) is 13.8. The molecule has 1 aromatic carbocycles. The van der Waals surface area contributed by atoms with Crippen LogP contribution in [0.5, 0.6) is 0 Å². The largest absolute Gasteiger partial charge is 0.337 e. The first kappa shape index (κ1) is 16.6. The first-order valence-electron chi connectivity index (χ1n) is 6.29. The maximum Gasteiger partial charge on any atom is 0.319 e. The number of sulfonamides is 1. The molecule has 0 bridgehead atoms. The number of carbonyl (C=O) groups excluding carboxylic acids is 1. The fourth-order valence-electron chi connectivity index (χ4n) is 1.62. The molecule has 22 heavy (non-hydrogen) atoms. The molecule has 0 atom stereocenters. The van der Waals surface area contributed by atoms with E-state index in [4.69, 9.17) is 11.6 Å². The monoisotopic (exact) mass is 359 g/mol. The summed E-state index contributed by atoms with van der Waals surface area (Å²) in [7, 11) is -3.67. The number of benzene rings is 1. The van der Waals surface area contributed by atoms with Gasteiger partial charge in [0.2, 0.25) is 0 Å². The molecule has 6 nitrogen and oxygen atoms in total. The Balaban J connectivity index is 2.17. The van der Waals surface area contributed by atoms with Crippen molar-refractivity contribution in [1.82, 2.24) is 5.32 Å². The van der Waals surface area contributed by atoms with E-state index < -0.39 is 16.1 Å². The molecule has 3 N–H and O–H groups in total. The van der Waals surface area contributed by atoms with Gasteiger partial charge in [0.05, 0.1) is 11.4 Å². The summed E-state index contributed by atoms with van der Waals surface area (Å²) in [6.07, 6.45) is 0.